The molecule has 0 saturated carbocycles. The number of hydrogen-bond donors (Lipinski definition) is 2. The Labute approximate surface area is 114 Å². The Bertz CT molecular complexity index is 605. The van der Waals surface area contributed by atoms with Gasteiger partial charge in [-0.25, -0.2) is 4.39 Å². The topological polar surface area (TPSA) is 75.4 Å². The minimum absolute atomic E-state index is 0.0937. The number of benzene rings is 2. The molecule has 1 unspecified atom stereocenters. The second-order valence-corrected chi connectivity index (χ2v) is 4.23. The quantitative estimate of drug-likeness (QED) is 0.650. The zero-order valence-corrected chi connectivity index (χ0v) is 10.5. The van der Waals surface area contributed by atoms with Gasteiger partial charge in [-0.05, 0) is 17.7 Å². The molecular formula is C14H13FN2O3. The lowest BCUT2D eigenvalue weighted by Crippen LogP contribution is -2.13. The summed E-state index contributed by atoms with van der Waals surface area (Å²) >= 11 is 0. The van der Waals surface area contributed by atoms with Crippen LogP contribution in [-0.2, 0) is 0 Å². The minimum atomic E-state index is -0.805. The van der Waals surface area contributed by atoms with Crippen molar-refractivity contribution in [3.05, 3.63) is 70.0 Å². The molecule has 2 rings (SSSR count). The fourth-order valence-corrected chi connectivity index (χ4v) is 1.81. The molecule has 104 valence electrons. The molecule has 20 heavy (non-hydrogen) atoms. The van der Waals surface area contributed by atoms with Crippen LogP contribution in [0.2, 0.25) is 0 Å². The molecule has 2 N–H and O–H groups in total. The van der Waals surface area contributed by atoms with Crippen molar-refractivity contribution in [2.24, 2.45) is 0 Å². The van der Waals surface area contributed by atoms with E-state index in [1.165, 1.54) is 6.07 Å². The number of hydrogen-bond acceptors (Lipinski definition) is 4. The summed E-state index contributed by atoms with van der Waals surface area (Å²) in [5.41, 5.74) is 0.515. The van der Waals surface area contributed by atoms with Gasteiger partial charge in [-0.1, -0.05) is 30.3 Å². The van der Waals surface area contributed by atoms with E-state index in [1.54, 1.807) is 24.3 Å². The number of rotatable bonds is 5. The second kappa shape index (κ2) is 6.12. The first-order valence-corrected chi connectivity index (χ1v) is 5.99. The maximum atomic E-state index is 13.0. The molecule has 1 atom stereocenters. The summed E-state index contributed by atoms with van der Waals surface area (Å²) in [6, 6.07) is 12.2. The van der Waals surface area contributed by atoms with Crippen LogP contribution in [-0.4, -0.2) is 16.6 Å². The van der Waals surface area contributed by atoms with E-state index in [1.807, 2.05) is 6.07 Å². The van der Waals surface area contributed by atoms with Crippen LogP contribution in [0.3, 0.4) is 0 Å². The number of nitro groups is 1. The Kier molecular flexibility index (Phi) is 4.27. The van der Waals surface area contributed by atoms with E-state index < -0.39 is 16.8 Å². The molecular weight excluding hydrogens is 263 g/mol. The molecule has 6 heteroatoms. The van der Waals surface area contributed by atoms with Crippen LogP contribution in [0.1, 0.15) is 11.7 Å². The molecule has 2 aromatic rings. The van der Waals surface area contributed by atoms with Gasteiger partial charge in [-0.15, -0.1) is 0 Å². The lowest BCUT2D eigenvalue weighted by atomic mass is 10.1. The number of anilines is 1. The first-order chi connectivity index (χ1) is 9.58. The zero-order chi connectivity index (χ0) is 14.5. The van der Waals surface area contributed by atoms with Crippen molar-refractivity contribution in [2.45, 2.75) is 6.10 Å². The van der Waals surface area contributed by atoms with Crippen molar-refractivity contribution in [2.75, 3.05) is 11.9 Å². The van der Waals surface area contributed by atoms with Gasteiger partial charge in [0.25, 0.3) is 5.69 Å². The standard InChI is InChI=1S/C14H13FN2O3/c15-11-6-7-12(13(8-11)17(19)20)16-9-14(18)10-4-2-1-3-5-10/h1-8,14,16,18H,9H2. The van der Waals surface area contributed by atoms with Gasteiger partial charge in [0, 0.05) is 6.54 Å². The van der Waals surface area contributed by atoms with Crippen molar-refractivity contribution in [1.82, 2.24) is 0 Å². The second-order valence-electron chi connectivity index (χ2n) is 4.23. The lowest BCUT2D eigenvalue weighted by Gasteiger charge is -2.13. The molecule has 0 aliphatic carbocycles. The summed E-state index contributed by atoms with van der Waals surface area (Å²) in [5.74, 6) is -0.675. The van der Waals surface area contributed by atoms with Crippen molar-refractivity contribution in [1.29, 1.82) is 0 Å². The van der Waals surface area contributed by atoms with Gasteiger partial charge in [0.15, 0.2) is 0 Å². The molecule has 0 fully saturated rings. The van der Waals surface area contributed by atoms with Crippen LogP contribution in [0.4, 0.5) is 15.8 Å². The fraction of sp³-hybridized carbons (Fsp3) is 0.143. The average Bonchev–Trinajstić information content (AvgIpc) is 2.46. The van der Waals surface area contributed by atoms with Gasteiger partial charge < -0.3 is 10.4 Å². The van der Waals surface area contributed by atoms with Gasteiger partial charge in [-0.2, -0.15) is 0 Å². The van der Waals surface area contributed by atoms with Crippen LogP contribution in [0.15, 0.2) is 48.5 Å². The van der Waals surface area contributed by atoms with Crippen LogP contribution < -0.4 is 5.32 Å². The van der Waals surface area contributed by atoms with Gasteiger partial charge >= 0.3 is 0 Å². The number of nitrogens with one attached hydrogen (secondary N) is 1. The summed E-state index contributed by atoms with van der Waals surface area (Å²) < 4.78 is 13.0. The first kappa shape index (κ1) is 14.0. The molecule has 2 aromatic carbocycles. The normalized spacial score (nSPS) is 11.9. The number of nitro benzene ring substituents is 1. The first-order valence-electron chi connectivity index (χ1n) is 5.99. The van der Waals surface area contributed by atoms with E-state index in [0.717, 1.165) is 12.1 Å². The molecule has 0 spiro atoms. The maximum Gasteiger partial charge on any atom is 0.295 e. The highest BCUT2D eigenvalue weighted by Crippen LogP contribution is 2.25. The summed E-state index contributed by atoms with van der Waals surface area (Å²) in [7, 11) is 0. The van der Waals surface area contributed by atoms with Crippen molar-refractivity contribution < 1.29 is 14.4 Å². The Morgan fingerprint density at radius 2 is 1.95 bits per heavy atom. The Morgan fingerprint density at radius 1 is 1.25 bits per heavy atom. The predicted molar refractivity (Wildman–Crippen MR) is 72.9 cm³/mol. The van der Waals surface area contributed by atoms with Crippen molar-refractivity contribution >= 4 is 11.4 Å². The van der Waals surface area contributed by atoms with Crippen molar-refractivity contribution in [3.63, 3.8) is 0 Å². The molecule has 0 saturated heterocycles. The Hall–Kier alpha value is -2.47. The highest BCUT2D eigenvalue weighted by Gasteiger charge is 2.16. The highest BCUT2D eigenvalue weighted by atomic mass is 19.1. The molecule has 0 heterocycles. The molecule has 5 nitrogen and oxygen atoms in total. The van der Waals surface area contributed by atoms with E-state index in [4.69, 9.17) is 0 Å². The Morgan fingerprint density at radius 3 is 2.60 bits per heavy atom. The molecule has 0 aliphatic rings. The van der Waals surface area contributed by atoms with Gasteiger partial charge in [0.1, 0.15) is 11.5 Å². The van der Waals surface area contributed by atoms with Gasteiger partial charge in [0.2, 0.25) is 0 Å². The maximum absolute atomic E-state index is 13.0. The predicted octanol–water partition coefficient (Wildman–Crippen LogP) is 2.88. The average molecular weight is 276 g/mol. The highest BCUT2D eigenvalue weighted by molar-refractivity contribution is 5.61. The molecule has 0 bridgehead atoms. The smallest absolute Gasteiger partial charge is 0.295 e. The number of halogens is 1. The van der Waals surface area contributed by atoms with Crippen LogP contribution in [0.5, 0.6) is 0 Å². The third-order valence-corrected chi connectivity index (χ3v) is 2.83. The fourth-order valence-electron chi connectivity index (χ4n) is 1.81. The monoisotopic (exact) mass is 276 g/mol. The van der Waals surface area contributed by atoms with E-state index in [9.17, 15) is 19.6 Å². The summed E-state index contributed by atoms with van der Waals surface area (Å²) in [4.78, 5) is 10.2. The van der Waals surface area contributed by atoms with Crippen molar-refractivity contribution in [3.8, 4) is 0 Å². The van der Waals surface area contributed by atoms with Crippen LogP contribution in [0.25, 0.3) is 0 Å². The summed E-state index contributed by atoms with van der Waals surface area (Å²) in [6.07, 6.45) is -0.805. The molecule has 0 radical (unpaired) electrons. The van der Waals surface area contributed by atoms with E-state index in [2.05, 4.69) is 5.32 Å². The number of nitrogens with zero attached hydrogens (tertiary/aromatic N) is 1. The van der Waals surface area contributed by atoms with Gasteiger partial charge in [-0.3, -0.25) is 10.1 Å². The summed E-state index contributed by atoms with van der Waals surface area (Å²) in [5, 5.41) is 23.5. The van der Waals surface area contributed by atoms with E-state index >= 15 is 0 Å². The lowest BCUT2D eigenvalue weighted by molar-refractivity contribution is -0.384. The number of aliphatic hydroxyl groups excluding tert-OH is 1. The van der Waals surface area contributed by atoms with Gasteiger partial charge in [0.05, 0.1) is 17.1 Å². The van der Waals surface area contributed by atoms with Crippen LogP contribution in [0, 0.1) is 15.9 Å². The largest absolute Gasteiger partial charge is 0.387 e. The van der Waals surface area contributed by atoms with E-state index in [0.29, 0.717) is 5.56 Å². The van der Waals surface area contributed by atoms with E-state index in [-0.39, 0.29) is 17.9 Å². The zero-order valence-electron chi connectivity index (χ0n) is 10.5. The third-order valence-electron chi connectivity index (χ3n) is 2.83. The molecule has 0 aliphatic heterocycles. The molecule has 0 amide bonds. The van der Waals surface area contributed by atoms with Crippen LogP contribution >= 0.6 is 0 Å². The summed E-state index contributed by atoms with van der Waals surface area (Å²) in [6.45, 7) is 0.0937. The Balaban J connectivity index is 2.09. The SMILES string of the molecule is O=[N+]([O-])c1cc(F)ccc1NCC(O)c1ccccc1. The minimum Gasteiger partial charge on any atom is -0.387 e. The number of aliphatic hydroxyl groups is 1. The third kappa shape index (κ3) is 3.30. The molecule has 0 aromatic heterocycles.